The van der Waals surface area contributed by atoms with E-state index in [4.69, 9.17) is 4.74 Å². The number of amides is 2. The molecule has 7 heteroatoms. The molecule has 0 radical (unpaired) electrons. The van der Waals surface area contributed by atoms with Gasteiger partial charge in [-0.25, -0.2) is 0 Å². The number of rotatable bonds is 6. The average molecular weight is 353 g/mol. The Bertz CT molecular complexity index is 525. The van der Waals surface area contributed by atoms with Crippen LogP contribution in [0.2, 0.25) is 0 Å². The average Bonchev–Trinajstić information content (AvgIpc) is 3.11. The predicted molar refractivity (Wildman–Crippen MR) is 95.0 cm³/mol. The summed E-state index contributed by atoms with van der Waals surface area (Å²) in [6.45, 7) is 9.83. The molecule has 2 atom stereocenters. The van der Waals surface area contributed by atoms with Crippen molar-refractivity contribution < 1.29 is 14.3 Å². The molecule has 2 rings (SSSR count). The zero-order valence-corrected chi connectivity index (χ0v) is 15.5. The zero-order chi connectivity index (χ0) is 17.5. The number of morpholine rings is 1. The second kappa shape index (κ2) is 9.15. The van der Waals surface area contributed by atoms with Crippen molar-refractivity contribution in [2.75, 3.05) is 39.4 Å². The Morgan fingerprint density at radius 3 is 2.54 bits per heavy atom. The van der Waals surface area contributed by atoms with Crippen LogP contribution in [0.3, 0.4) is 0 Å². The van der Waals surface area contributed by atoms with Gasteiger partial charge in [0.25, 0.3) is 0 Å². The third kappa shape index (κ3) is 4.55. The molecule has 0 unspecified atom stereocenters. The van der Waals surface area contributed by atoms with Gasteiger partial charge in [-0.2, -0.15) is 0 Å². The quantitative estimate of drug-likeness (QED) is 0.787. The summed E-state index contributed by atoms with van der Waals surface area (Å²) in [5.41, 5.74) is 0. The van der Waals surface area contributed by atoms with Crippen molar-refractivity contribution in [3.05, 3.63) is 22.4 Å². The highest BCUT2D eigenvalue weighted by Crippen LogP contribution is 2.29. The van der Waals surface area contributed by atoms with Gasteiger partial charge in [0.15, 0.2) is 0 Å². The third-order valence-electron chi connectivity index (χ3n) is 4.35. The second-order valence-corrected chi connectivity index (χ2v) is 6.83. The molecule has 2 heterocycles. The number of nitrogens with zero attached hydrogens (tertiary/aromatic N) is 2. The molecule has 24 heavy (non-hydrogen) atoms. The standard InChI is InChI=1S/C17H27N3O3S/c1-4-19(5-2)17(22)16(21)18-13(3)15(14-7-6-12-24-14)20-8-10-23-11-9-20/h6-7,12-13,15H,4-5,8-11H2,1-3H3,(H,18,21)/t13-,15+/m1/s1. The summed E-state index contributed by atoms with van der Waals surface area (Å²) < 4.78 is 5.44. The molecule has 0 aromatic carbocycles. The van der Waals surface area contributed by atoms with Crippen molar-refractivity contribution >= 4 is 23.2 Å². The second-order valence-electron chi connectivity index (χ2n) is 5.85. The Morgan fingerprint density at radius 1 is 1.33 bits per heavy atom. The first-order valence-corrected chi connectivity index (χ1v) is 9.41. The predicted octanol–water partition coefficient (Wildman–Crippen LogP) is 1.49. The van der Waals surface area contributed by atoms with Gasteiger partial charge in [-0.1, -0.05) is 6.07 Å². The van der Waals surface area contributed by atoms with E-state index in [1.54, 1.807) is 11.3 Å². The van der Waals surface area contributed by atoms with Crippen LogP contribution in [0.4, 0.5) is 0 Å². The molecule has 1 aliphatic heterocycles. The summed E-state index contributed by atoms with van der Waals surface area (Å²) in [6.07, 6.45) is 0. The summed E-state index contributed by atoms with van der Waals surface area (Å²) in [4.78, 5) is 29.6. The summed E-state index contributed by atoms with van der Waals surface area (Å²) in [7, 11) is 0. The molecule has 1 fully saturated rings. The molecule has 6 nitrogen and oxygen atoms in total. The Labute approximate surface area is 147 Å². The van der Waals surface area contributed by atoms with Crippen LogP contribution in [0.5, 0.6) is 0 Å². The van der Waals surface area contributed by atoms with Crippen molar-refractivity contribution in [3.63, 3.8) is 0 Å². The molecule has 2 amide bonds. The maximum absolute atomic E-state index is 12.3. The Hall–Kier alpha value is -1.44. The summed E-state index contributed by atoms with van der Waals surface area (Å²) in [5.74, 6) is -0.986. The number of ether oxygens (including phenoxy) is 1. The lowest BCUT2D eigenvalue weighted by molar-refractivity contribution is -0.146. The number of nitrogens with one attached hydrogen (secondary N) is 1. The number of hydrogen-bond acceptors (Lipinski definition) is 5. The fraction of sp³-hybridized carbons (Fsp3) is 0.647. The Kier molecular flexibility index (Phi) is 7.20. The molecule has 0 aliphatic carbocycles. The molecule has 1 saturated heterocycles. The first-order chi connectivity index (χ1) is 11.6. The van der Waals surface area contributed by atoms with E-state index in [0.717, 1.165) is 13.1 Å². The number of carbonyl (C=O) groups excluding carboxylic acids is 2. The highest BCUT2D eigenvalue weighted by atomic mass is 32.1. The minimum absolute atomic E-state index is 0.0577. The van der Waals surface area contributed by atoms with Gasteiger partial charge in [0, 0.05) is 37.1 Å². The molecule has 1 N–H and O–H groups in total. The molecule has 1 aromatic rings. The lowest BCUT2D eigenvalue weighted by Gasteiger charge is -2.37. The van der Waals surface area contributed by atoms with Crippen LogP contribution >= 0.6 is 11.3 Å². The smallest absolute Gasteiger partial charge is 0.311 e. The van der Waals surface area contributed by atoms with Crippen LogP contribution in [0.25, 0.3) is 0 Å². The third-order valence-corrected chi connectivity index (χ3v) is 5.29. The van der Waals surface area contributed by atoms with Gasteiger partial charge in [0.05, 0.1) is 19.3 Å². The van der Waals surface area contributed by atoms with E-state index in [2.05, 4.69) is 16.3 Å². The van der Waals surface area contributed by atoms with Gasteiger partial charge in [-0.05, 0) is 32.2 Å². The van der Waals surface area contributed by atoms with Gasteiger partial charge < -0.3 is 15.0 Å². The molecule has 0 saturated carbocycles. The van der Waals surface area contributed by atoms with Crippen molar-refractivity contribution in [1.82, 2.24) is 15.1 Å². The largest absolute Gasteiger partial charge is 0.379 e. The highest BCUT2D eigenvalue weighted by molar-refractivity contribution is 7.10. The molecule has 0 bridgehead atoms. The molecule has 1 aromatic heterocycles. The SMILES string of the molecule is CCN(CC)C(=O)C(=O)N[C@H](C)[C@@H](c1cccs1)N1CCOCC1. The maximum Gasteiger partial charge on any atom is 0.311 e. The van der Waals surface area contributed by atoms with Crippen LogP contribution in [-0.2, 0) is 14.3 Å². The van der Waals surface area contributed by atoms with E-state index in [-0.39, 0.29) is 12.1 Å². The van der Waals surface area contributed by atoms with E-state index in [1.807, 2.05) is 32.2 Å². The first-order valence-electron chi connectivity index (χ1n) is 8.53. The van der Waals surface area contributed by atoms with E-state index in [0.29, 0.717) is 26.3 Å². The van der Waals surface area contributed by atoms with Crippen molar-refractivity contribution in [2.45, 2.75) is 32.9 Å². The van der Waals surface area contributed by atoms with E-state index < -0.39 is 11.8 Å². The molecule has 1 aliphatic rings. The number of hydrogen-bond donors (Lipinski definition) is 1. The lowest BCUT2D eigenvalue weighted by Crippen LogP contribution is -2.51. The molecule has 0 spiro atoms. The van der Waals surface area contributed by atoms with Gasteiger partial charge >= 0.3 is 11.8 Å². The Morgan fingerprint density at radius 2 is 2.00 bits per heavy atom. The number of thiophene rings is 1. The summed E-state index contributed by atoms with van der Waals surface area (Å²) in [5, 5.41) is 4.95. The summed E-state index contributed by atoms with van der Waals surface area (Å²) in [6, 6.07) is 4.00. The fourth-order valence-corrected chi connectivity index (χ4v) is 4.02. The molecule has 134 valence electrons. The number of likely N-dealkylation sites (N-methyl/N-ethyl adjacent to an activating group) is 1. The fourth-order valence-electron chi connectivity index (χ4n) is 3.06. The van der Waals surface area contributed by atoms with Crippen LogP contribution < -0.4 is 5.32 Å². The van der Waals surface area contributed by atoms with Crippen molar-refractivity contribution in [1.29, 1.82) is 0 Å². The zero-order valence-electron chi connectivity index (χ0n) is 14.7. The van der Waals surface area contributed by atoms with Crippen LogP contribution in [0, 0.1) is 0 Å². The minimum atomic E-state index is -0.527. The number of carbonyl (C=O) groups is 2. The highest BCUT2D eigenvalue weighted by Gasteiger charge is 2.31. The van der Waals surface area contributed by atoms with Gasteiger partial charge in [-0.3, -0.25) is 14.5 Å². The van der Waals surface area contributed by atoms with Gasteiger partial charge in [0.2, 0.25) is 0 Å². The molecular formula is C17H27N3O3S. The van der Waals surface area contributed by atoms with Crippen LogP contribution in [-0.4, -0.2) is 67.0 Å². The van der Waals surface area contributed by atoms with E-state index >= 15 is 0 Å². The topological polar surface area (TPSA) is 61.9 Å². The van der Waals surface area contributed by atoms with E-state index in [9.17, 15) is 9.59 Å². The van der Waals surface area contributed by atoms with E-state index in [1.165, 1.54) is 9.78 Å². The minimum Gasteiger partial charge on any atom is -0.379 e. The first kappa shape index (κ1) is 18.9. The molecular weight excluding hydrogens is 326 g/mol. The Balaban J connectivity index is 2.08. The van der Waals surface area contributed by atoms with Gasteiger partial charge in [-0.15, -0.1) is 11.3 Å². The maximum atomic E-state index is 12.3. The van der Waals surface area contributed by atoms with Crippen molar-refractivity contribution in [3.8, 4) is 0 Å². The lowest BCUT2D eigenvalue weighted by atomic mass is 10.1. The summed E-state index contributed by atoms with van der Waals surface area (Å²) >= 11 is 1.67. The van der Waals surface area contributed by atoms with Crippen LogP contribution in [0.1, 0.15) is 31.7 Å². The van der Waals surface area contributed by atoms with Crippen molar-refractivity contribution in [2.24, 2.45) is 0 Å². The van der Waals surface area contributed by atoms with Crippen LogP contribution in [0.15, 0.2) is 17.5 Å². The normalized spacial score (nSPS) is 18.0. The monoisotopic (exact) mass is 353 g/mol. The van der Waals surface area contributed by atoms with Gasteiger partial charge in [0.1, 0.15) is 0 Å².